The Labute approximate surface area is 73.8 Å². The first kappa shape index (κ1) is 8.91. The molecular formula is C6H10N6O. The second-order valence-corrected chi connectivity index (χ2v) is 2.51. The van der Waals surface area contributed by atoms with Gasteiger partial charge in [0.05, 0.1) is 28.4 Å². The summed E-state index contributed by atoms with van der Waals surface area (Å²) in [6.07, 6.45) is 0. The Morgan fingerprint density at radius 2 is 1.00 bits per heavy atom. The van der Waals surface area contributed by atoms with Crippen LogP contribution >= 0.6 is 0 Å². The van der Waals surface area contributed by atoms with E-state index in [1.54, 1.807) is 0 Å². The van der Waals surface area contributed by atoms with Crippen LogP contribution in [0, 0.1) is 4.91 Å². The quantitative estimate of drug-likeness (QED) is 0.303. The summed E-state index contributed by atoms with van der Waals surface area (Å²) in [5.41, 5.74) is 27.1. The first-order valence-electron chi connectivity index (χ1n) is 3.35. The van der Waals surface area contributed by atoms with Crippen molar-refractivity contribution in [1.29, 1.82) is 0 Å². The van der Waals surface area contributed by atoms with Crippen LogP contribution in [0.25, 0.3) is 0 Å². The summed E-state index contributed by atoms with van der Waals surface area (Å²) in [7, 11) is 0. The van der Waals surface area contributed by atoms with Crippen LogP contribution < -0.4 is 28.7 Å². The summed E-state index contributed by atoms with van der Waals surface area (Å²) in [6.45, 7) is 0. The molecule has 7 heteroatoms. The number of nitrogens with zero attached hydrogens (tertiary/aromatic N) is 1. The lowest BCUT2D eigenvalue weighted by Crippen LogP contribution is -2.07. The summed E-state index contributed by atoms with van der Waals surface area (Å²) in [6, 6.07) is 0. The van der Waals surface area contributed by atoms with Gasteiger partial charge in [-0.05, 0) is 5.18 Å². The highest BCUT2D eigenvalue weighted by atomic mass is 16.3. The monoisotopic (exact) mass is 182 g/mol. The van der Waals surface area contributed by atoms with Gasteiger partial charge in [0.25, 0.3) is 0 Å². The van der Waals surface area contributed by atoms with Crippen molar-refractivity contribution < 1.29 is 0 Å². The summed E-state index contributed by atoms with van der Waals surface area (Å²) in [4.78, 5) is 10.3. The second-order valence-electron chi connectivity index (χ2n) is 2.51. The first-order chi connectivity index (χ1) is 6.00. The third-order valence-electron chi connectivity index (χ3n) is 1.76. The van der Waals surface area contributed by atoms with Crippen LogP contribution in [-0.4, -0.2) is 0 Å². The molecule has 0 aliphatic carbocycles. The van der Waals surface area contributed by atoms with Gasteiger partial charge in [-0.15, -0.1) is 4.91 Å². The van der Waals surface area contributed by atoms with Crippen LogP contribution in [0.1, 0.15) is 0 Å². The highest BCUT2D eigenvalue weighted by molar-refractivity contribution is 6.02. The van der Waals surface area contributed by atoms with Crippen molar-refractivity contribution in [2.24, 2.45) is 5.18 Å². The van der Waals surface area contributed by atoms with E-state index in [9.17, 15) is 4.91 Å². The van der Waals surface area contributed by atoms with Gasteiger partial charge in [0, 0.05) is 0 Å². The average molecular weight is 182 g/mol. The summed E-state index contributed by atoms with van der Waals surface area (Å²) in [5.74, 6) is 0. The number of nitrogens with two attached hydrogens (primary N) is 5. The standard InChI is InChI=1S/C6H10N6O/c7-1-2(8)4(10)6(12-13)5(11)3(1)9/h7-11H2. The van der Waals surface area contributed by atoms with E-state index >= 15 is 0 Å². The predicted octanol–water partition coefficient (Wildman–Crippen LogP) is -0.00450. The number of hydrogen-bond donors (Lipinski definition) is 5. The molecule has 0 atom stereocenters. The number of hydrogen-bond acceptors (Lipinski definition) is 7. The molecule has 0 spiro atoms. The van der Waals surface area contributed by atoms with Gasteiger partial charge in [-0.25, -0.2) is 0 Å². The Bertz CT molecular complexity index is 345. The Balaban J connectivity index is 3.66. The maximum absolute atomic E-state index is 10.3. The molecule has 0 saturated heterocycles. The predicted molar refractivity (Wildman–Crippen MR) is 54.0 cm³/mol. The van der Waals surface area contributed by atoms with Gasteiger partial charge >= 0.3 is 0 Å². The Hall–Kier alpha value is -2.18. The maximum atomic E-state index is 10.3. The van der Waals surface area contributed by atoms with E-state index in [0.29, 0.717) is 0 Å². The molecule has 70 valence electrons. The van der Waals surface area contributed by atoms with Gasteiger partial charge < -0.3 is 28.7 Å². The molecule has 0 bridgehead atoms. The Morgan fingerprint density at radius 1 is 0.692 bits per heavy atom. The second kappa shape index (κ2) is 2.70. The molecule has 0 heterocycles. The SMILES string of the molecule is Nc1c(N)c(N)c(N=O)c(N)c1N. The van der Waals surface area contributed by atoms with E-state index < -0.39 is 0 Å². The fourth-order valence-electron chi connectivity index (χ4n) is 0.934. The topological polar surface area (TPSA) is 160 Å². The van der Waals surface area contributed by atoms with Crippen molar-refractivity contribution in [3.63, 3.8) is 0 Å². The van der Waals surface area contributed by atoms with Crippen LogP contribution in [0.4, 0.5) is 34.1 Å². The van der Waals surface area contributed by atoms with Crippen molar-refractivity contribution in [1.82, 2.24) is 0 Å². The van der Waals surface area contributed by atoms with Crippen molar-refractivity contribution in [2.45, 2.75) is 0 Å². The molecule has 1 aromatic carbocycles. The van der Waals surface area contributed by atoms with Crippen LogP contribution in [0.5, 0.6) is 0 Å². The van der Waals surface area contributed by atoms with Gasteiger partial charge in [0.2, 0.25) is 0 Å². The van der Waals surface area contributed by atoms with Crippen LogP contribution in [0.15, 0.2) is 5.18 Å². The molecular weight excluding hydrogens is 172 g/mol. The number of nitroso groups, excluding NO2 is 1. The minimum atomic E-state index is -0.163. The maximum Gasteiger partial charge on any atom is 0.158 e. The Morgan fingerprint density at radius 3 is 1.31 bits per heavy atom. The molecule has 0 unspecified atom stereocenters. The van der Waals surface area contributed by atoms with Crippen LogP contribution in [0.2, 0.25) is 0 Å². The van der Waals surface area contributed by atoms with Gasteiger partial charge in [-0.2, -0.15) is 0 Å². The minimum absolute atomic E-state index is 0.0290. The molecule has 1 rings (SSSR count). The van der Waals surface area contributed by atoms with Crippen molar-refractivity contribution in [2.75, 3.05) is 28.7 Å². The first-order valence-corrected chi connectivity index (χ1v) is 3.35. The number of benzene rings is 1. The van der Waals surface area contributed by atoms with Gasteiger partial charge in [0.1, 0.15) is 0 Å². The van der Waals surface area contributed by atoms with Gasteiger partial charge in [-0.3, -0.25) is 0 Å². The van der Waals surface area contributed by atoms with Gasteiger partial charge in [0.15, 0.2) is 5.69 Å². The van der Waals surface area contributed by atoms with Crippen molar-refractivity contribution >= 4 is 34.1 Å². The zero-order chi connectivity index (χ0) is 10.2. The van der Waals surface area contributed by atoms with E-state index in [1.807, 2.05) is 0 Å². The largest absolute Gasteiger partial charge is 0.395 e. The van der Waals surface area contributed by atoms with Gasteiger partial charge in [-0.1, -0.05) is 0 Å². The third-order valence-corrected chi connectivity index (χ3v) is 1.76. The molecule has 7 nitrogen and oxygen atoms in total. The normalized spacial score (nSPS) is 9.85. The summed E-state index contributed by atoms with van der Waals surface area (Å²) >= 11 is 0. The highest BCUT2D eigenvalue weighted by Crippen LogP contribution is 2.43. The lowest BCUT2D eigenvalue weighted by molar-refractivity contribution is 1.49. The third kappa shape index (κ3) is 1.06. The summed E-state index contributed by atoms with van der Waals surface area (Å²) < 4.78 is 0. The van der Waals surface area contributed by atoms with Crippen molar-refractivity contribution in [3.8, 4) is 0 Å². The molecule has 1 aromatic rings. The molecule has 10 N–H and O–H groups in total. The summed E-state index contributed by atoms with van der Waals surface area (Å²) in [5, 5.41) is 2.62. The zero-order valence-corrected chi connectivity index (χ0v) is 6.74. The molecule has 0 fully saturated rings. The molecule has 0 aromatic heterocycles. The molecule has 0 aliphatic rings. The zero-order valence-electron chi connectivity index (χ0n) is 6.74. The van der Waals surface area contributed by atoms with Crippen LogP contribution in [-0.2, 0) is 0 Å². The molecule has 0 aliphatic heterocycles. The van der Waals surface area contributed by atoms with E-state index in [4.69, 9.17) is 28.7 Å². The fourth-order valence-corrected chi connectivity index (χ4v) is 0.934. The van der Waals surface area contributed by atoms with Crippen LogP contribution in [0.3, 0.4) is 0 Å². The lowest BCUT2D eigenvalue weighted by atomic mass is 10.1. The smallest absolute Gasteiger partial charge is 0.158 e. The van der Waals surface area contributed by atoms with E-state index in [1.165, 1.54) is 0 Å². The molecule has 0 saturated carbocycles. The number of anilines is 5. The lowest BCUT2D eigenvalue weighted by Gasteiger charge is -2.11. The molecule has 13 heavy (non-hydrogen) atoms. The minimum Gasteiger partial charge on any atom is -0.395 e. The molecule has 0 radical (unpaired) electrons. The number of rotatable bonds is 1. The van der Waals surface area contributed by atoms with Crippen molar-refractivity contribution in [3.05, 3.63) is 4.91 Å². The van der Waals surface area contributed by atoms with E-state index in [-0.39, 0.29) is 34.1 Å². The fraction of sp³-hybridized carbons (Fsp3) is 0. The van der Waals surface area contributed by atoms with E-state index in [0.717, 1.165) is 0 Å². The highest BCUT2D eigenvalue weighted by Gasteiger charge is 2.15. The van der Waals surface area contributed by atoms with E-state index in [2.05, 4.69) is 5.18 Å². The Kier molecular flexibility index (Phi) is 1.85. The molecule has 0 amide bonds. The average Bonchev–Trinajstić information content (AvgIpc) is 2.13. The number of nitrogen functional groups attached to an aromatic ring is 5.